The first-order chi connectivity index (χ1) is 13.6. The van der Waals surface area contributed by atoms with E-state index in [0.717, 1.165) is 44.5 Å². The minimum absolute atomic E-state index is 0.00548. The van der Waals surface area contributed by atoms with Gasteiger partial charge in [0.25, 0.3) is 5.91 Å². The van der Waals surface area contributed by atoms with Crippen LogP contribution in [-0.4, -0.2) is 73.6 Å². The van der Waals surface area contributed by atoms with Gasteiger partial charge in [0, 0.05) is 57.5 Å². The molecule has 1 atom stereocenters. The number of rotatable bonds is 3. The zero-order chi connectivity index (χ0) is 19.5. The quantitative estimate of drug-likeness (QED) is 0.792. The number of anilines is 1. The minimum Gasteiger partial charge on any atom is -0.368 e. The fourth-order valence-electron chi connectivity index (χ4n) is 4.42. The lowest BCUT2D eigenvalue weighted by Crippen LogP contribution is -2.52. The van der Waals surface area contributed by atoms with Gasteiger partial charge in [0.2, 0.25) is 5.91 Å². The summed E-state index contributed by atoms with van der Waals surface area (Å²) in [6.07, 6.45) is 2.96. The second kappa shape index (κ2) is 8.47. The maximum absolute atomic E-state index is 13.1. The zero-order valence-electron chi connectivity index (χ0n) is 16.2. The second-order valence-electron chi connectivity index (χ2n) is 7.89. The van der Waals surface area contributed by atoms with Gasteiger partial charge in [-0.1, -0.05) is 0 Å². The van der Waals surface area contributed by atoms with Crippen molar-refractivity contribution in [2.24, 2.45) is 5.92 Å². The number of benzene rings is 1. The van der Waals surface area contributed by atoms with E-state index in [2.05, 4.69) is 4.90 Å². The van der Waals surface area contributed by atoms with Crippen molar-refractivity contribution in [2.45, 2.75) is 31.8 Å². The normalized spacial score (nSPS) is 23.9. The number of carbonyl (C=O) groups excluding carboxylic acids is 2. The third kappa shape index (κ3) is 4.14. The van der Waals surface area contributed by atoms with Gasteiger partial charge in [-0.15, -0.1) is 0 Å². The van der Waals surface area contributed by atoms with Crippen LogP contribution in [0.1, 0.15) is 25.7 Å². The Morgan fingerprint density at radius 3 is 2.11 bits per heavy atom. The van der Waals surface area contributed by atoms with Crippen LogP contribution in [0.3, 0.4) is 0 Å². The zero-order valence-corrected chi connectivity index (χ0v) is 16.2. The van der Waals surface area contributed by atoms with Gasteiger partial charge in [0.1, 0.15) is 11.9 Å². The molecule has 0 aromatic heterocycles. The molecule has 3 fully saturated rings. The Morgan fingerprint density at radius 2 is 1.50 bits per heavy atom. The summed E-state index contributed by atoms with van der Waals surface area (Å²) in [5, 5.41) is 0. The summed E-state index contributed by atoms with van der Waals surface area (Å²) < 4.78 is 18.6. The first-order valence-corrected chi connectivity index (χ1v) is 10.3. The van der Waals surface area contributed by atoms with Crippen LogP contribution in [0, 0.1) is 11.7 Å². The number of hydrogen-bond donors (Lipinski definition) is 0. The van der Waals surface area contributed by atoms with Crippen LogP contribution in [-0.2, 0) is 14.3 Å². The molecule has 2 amide bonds. The van der Waals surface area contributed by atoms with E-state index >= 15 is 0 Å². The molecule has 0 saturated carbocycles. The van der Waals surface area contributed by atoms with Crippen molar-refractivity contribution < 1.29 is 18.7 Å². The molecule has 152 valence electrons. The van der Waals surface area contributed by atoms with Gasteiger partial charge in [-0.25, -0.2) is 4.39 Å². The third-order valence-corrected chi connectivity index (χ3v) is 6.14. The van der Waals surface area contributed by atoms with Crippen molar-refractivity contribution >= 4 is 17.5 Å². The molecule has 7 heteroatoms. The van der Waals surface area contributed by atoms with Crippen molar-refractivity contribution in [3.05, 3.63) is 30.1 Å². The van der Waals surface area contributed by atoms with Crippen LogP contribution in [0.15, 0.2) is 24.3 Å². The number of carbonyl (C=O) groups is 2. The van der Waals surface area contributed by atoms with E-state index in [1.807, 2.05) is 9.80 Å². The van der Waals surface area contributed by atoms with Crippen molar-refractivity contribution in [1.82, 2.24) is 9.80 Å². The first kappa shape index (κ1) is 19.2. The second-order valence-corrected chi connectivity index (χ2v) is 7.89. The molecular weight excluding hydrogens is 361 g/mol. The highest BCUT2D eigenvalue weighted by Crippen LogP contribution is 2.24. The highest BCUT2D eigenvalue weighted by atomic mass is 19.1. The van der Waals surface area contributed by atoms with Gasteiger partial charge in [-0.2, -0.15) is 0 Å². The number of piperazine rings is 1. The van der Waals surface area contributed by atoms with Gasteiger partial charge in [-0.05, 0) is 49.9 Å². The molecule has 28 heavy (non-hydrogen) atoms. The highest BCUT2D eigenvalue weighted by Gasteiger charge is 2.34. The molecule has 0 spiro atoms. The summed E-state index contributed by atoms with van der Waals surface area (Å²) >= 11 is 0. The predicted octanol–water partition coefficient (Wildman–Crippen LogP) is 1.89. The number of halogens is 1. The van der Waals surface area contributed by atoms with Crippen LogP contribution in [0.2, 0.25) is 0 Å². The molecule has 3 aliphatic heterocycles. The lowest BCUT2D eigenvalue weighted by molar-refractivity contribution is -0.146. The van der Waals surface area contributed by atoms with E-state index in [9.17, 15) is 14.0 Å². The fourth-order valence-corrected chi connectivity index (χ4v) is 4.42. The van der Waals surface area contributed by atoms with Crippen LogP contribution in [0.25, 0.3) is 0 Å². The van der Waals surface area contributed by atoms with Gasteiger partial charge in [-0.3, -0.25) is 9.59 Å². The number of hydrogen-bond acceptors (Lipinski definition) is 4. The summed E-state index contributed by atoms with van der Waals surface area (Å²) in [5.74, 6) is 0.0760. The standard InChI is InChI=1S/C21H28FN3O3/c22-17-3-5-18(6-4-17)23-11-13-25(14-12-23)20(26)16-7-9-24(10-8-16)21(27)19-2-1-15-28-19/h3-6,16,19H,1-2,7-15H2. The fraction of sp³-hybridized carbons (Fsp3) is 0.619. The van der Waals surface area contributed by atoms with Gasteiger partial charge < -0.3 is 19.4 Å². The van der Waals surface area contributed by atoms with Crippen LogP contribution in [0.4, 0.5) is 10.1 Å². The van der Waals surface area contributed by atoms with Crippen LogP contribution < -0.4 is 4.90 Å². The SMILES string of the molecule is O=C(C1CCN(C(=O)C2CCCO2)CC1)N1CCN(c2ccc(F)cc2)CC1. The largest absolute Gasteiger partial charge is 0.368 e. The average molecular weight is 389 g/mol. The summed E-state index contributed by atoms with van der Waals surface area (Å²) in [6.45, 7) is 4.85. The van der Waals surface area contributed by atoms with E-state index < -0.39 is 0 Å². The Morgan fingerprint density at radius 1 is 0.857 bits per heavy atom. The highest BCUT2D eigenvalue weighted by molar-refractivity contribution is 5.82. The Bertz CT molecular complexity index is 689. The number of piperidine rings is 1. The van der Waals surface area contributed by atoms with E-state index in [-0.39, 0.29) is 29.7 Å². The number of amides is 2. The first-order valence-electron chi connectivity index (χ1n) is 10.3. The Balaban J connectivity index is 1.24. The molecule has 3 saturated heterocycles. The smallest absolute Gasteiger partial charge is 0.251 e. The lowest BCUT2D eigenvalue weighted by atomic mass is 9.94. The van der Waals surface area contributed by atoms with E-state index in [1.54, 1.807) is 12.1 Å². The van der Waals surface area contributed by atoms with Crippen molar-refractivity contribution in [3.8, 4) is 0 Å². The van der Waals surface area contributed by atoms with Crippen LogP contribution in [0.5, 0.6) is 0 Å². The van der Waals surface area contributed by atoms with Crippen molar-refractivity contribution in [1.29, 1.82) is 0 Å². The number of likely N-dealkylation sites (tertiary alicyclic amines) is 1. The summed E-state index contributed by atoms with van der Waals surface area (Å²) in [4.78, 5) is 31.4. The molecule has 6 nitrogen and oxygen atoms in total. The third-order valence-electron chi connectivity index (χ3n) is 6.14. The van der Waals surface area contributed by atoms with Crippen LogP contribution >= 0.6 is 0 Å². The van der Waals surface area contributed by atoms with E-state index in [1.165, 1.54) is 12.1 Å². The van der Waals surface area contributed by atoms with Crippen molar-refractivity contribution in [3.63, 3.8) is 0 Å². The Hall–Kier alpha value is -2.15. The molecule has 1 aromatic carbocycles. The maximum atomic E-state index is 13.1. The van der Waals surface area contributed by atoms with Gasteiger partial charge >= 0.3 is 0 Å². The maximum Gasteiger partial charge on any atom is 0.251 e. The summed E-state index contributed by atoms with van der Waals surface area (Å²) in [7, 11) is 0. The molecule has 0 N–H and O–H groups in total. The minimum atomic E-state index is -0.271. The van der Waals surface area contributed by atoms with Gasteiger partial charge in [0.05, 0.1) is 0 Å². The molecule has 4 rings (SSSR count). The Labute approximate surface area is 165 Å². The molecule has 1 unspecified atom stereocenters. The van der Waals surface area contributed by atoms with Crippen molar-refractivity contribution in [2.75, 3.05) is 50.8 Å². The van der Waals surface area contributed by atoms with E-state index in [4.69, 9.17) is 4.74 Å². The number of ether oxygens (including phenoxy) is 1. The van der Waals surface area contributed by atoms with Gasteiger partial charge in [0.15, 0.2) is 0 Å². The Kier molecular flexibility index (Phi) is 5.80. The number of nitrogens with zero attached hydrogens (tertiary/aromatic N) is 3. The molecule has 3 aliphatic rings. The molecular formula is C21H28FN3O3. The molecule has 0 radical (unpaired) electrons. The summed E-state index contributed by atoms with van der Waals surface area (Å²) in [5.41, 5.74) is 0.995. The lowest BCUT2D eigenvalue weighted by Gasteiger charge is -2.39. The topological polar surface area (TPSA) is 53.1 Å². The summed E-state index contributed by atoms with van der Waals surface area (Å²) in [6, 6.07) is 6.51. The molecule has 0 aliphatic carbocycles. The molecule has 0 bridgehead atoms. The molecule has 3 heterocycles. The van der Waals surface area contributed by atoms with E-state index in [0.29, 0.717) is 32.8 Å². The predicted molar refractivity (Wildman–Crippen MR) is 103 cm³/mol. The molecule has 1 aromatic rings. The average Bonchev–Trinajstić information content (AvgIpc) is 3.28. The monoisotopic (exact) mass is 389 g/mol.